The van der Waals surface area contributed by atoms with Gasteiger partial charge in [0.1, 0.15) is 0 Å². The molecule has 0 radical (unpaired) electrons. The maximum atomic E-state index is 13.6. The van der Waals surface area contributed by atoms with Gasteiger partial charge in [0.25, 0.3) is 11.5 Å². The number of aryl methyl sites for hydroxylation is 2. The van der Waals surface area contributed by atoms with Crippen molar-refractivity contribution >= 4 is 11.6 Å². The van der Waals surface area contributed by atoms with Crippen LogP contribution in [0.4, 0.5) is 5.69 Å². The molecule has 0 aliphatic heterocycles. The summed E-state index contributed by atoms with van der Waals surface area (Å²) in [5.41, 5.74) is 13.7. The summed E-state index contributed by atoms with van der Waals surface area (Å²) in [7, 11) is 6.15. The molecule has 2 aromatic heterocycles. The second-order valence-electron chi connectivity index (χ2n) is 11.2. The van der Waals surface area contributed by atoms with Gasteiger partial charge in [-0.25, -0.2) is 0 Å². The second-order valence-corrected chi connectivity index (χ2v) is 11.2. The zero-order valence-electron chi connectivity index (χ0n) is 24.1. The molecule has 1 aliphatic rings. The summed E-state index contributed by atoms with van der Waals surface area (Å²) < 4.78 is 0. The number of carbonyl (C=O) groups excluding carboxylic acids is 1. The number of nitrogens with zero attached hydrogens (tertiary/aromatic N) is 3. The molecule has 1 fully saturated rings. The molecule has 208 valence electrons. The van der Waals surface area contributed by atoms with E-state index >= 15 is 0 Å². The summed E-state index contributed by atoms with van der Waals surface area (Å²) in [6.07, 6.45) is 5.94. The summed E-state index contributed by atoms with van der Waals surface area (Å²) in [6, 6.07) is 10.8. The number of benzene rings is 1. The Morgan fingerprint density at radius 1 is 1.05 bits per heavy atom. The molecule has 4 rings (SSSR count). The van der Waals surface area contributed by atoms with E-state index < -0.39 is 0 Å². The first-order chi connectivity index (χ1) is 18.5. The van der Waals surface area contributed by atoms with Gasteiger partial charge in [-0.2, -0.15) is 0 Å². The molecule has 0 bridgehead atoms. The molecule has 0 spiro atoms. The lowest BCUT2D eigenvalue weighted by atomic mass is 9.89. The number of carbonyl (C=O) groups is 1. The molecule has 8 heteroatoms. The van der Waals surface area contributed by atoms with Crippen LogP contribution in [0.15, 0.2) is 41.3 Å². The average Bonchev–Trinajstić information content (AvgIpc) is 2.88. The summed E-state index contributed by atoms with van der Waals surface area (Å²) in [5.74, 6) is -0.203. The van der Waals surface area contributed by atoms with Crippen molar-refractivity contribution in [2.75, 3.05) is 26.0 Å². The van der Waals surface area contributed by atoms with Gasteiger partial charge in [0.05, 0.1) is 5.69 Å². The Balaban J connectivity index is 1.69. The fourth-order valence-electron chi connectivity index (χ4n) is 5.53. The highest BCUT2D eigenvalue weighted by atomic mass is 16.1. The lowest BCUT2D eigenvalue weighted by Crippen LogP contribution is -2.39. The van der Waals surface area contributed by atoms with E-state index in [9.17, 15) is 9.59 Å². The Morgan fingerprint density at radius 2 is 1.77 bits per heavy atom. The number of hydrogen-bond acceptors (Lipinski definition) is 6. The number of pyridine rings is 2. The predicted molar refractivity (Wildman–Crippen MR) is 158 cm³/mol. The number of nitrogens with two attached hydrogens (primary N) is 1. The monoisotopic (exact) mass is 530 g/mol. The minimum Gasteiger partial charge on any atom is -0.371 e. The number of anilines is 1. The molecule has 0 saturated heterocycles. The van der Waals surface area contributed by atoms with Gasteiger partial charge in [0, 0.05) is 66.5 Å². The van der Waals surface area contributed by atoms with E-state index in [1.54, 1.807) is 0 Å². The van der Waals surface area contributed by atoms with E-state index in [0.717, 1.165) is 71.6 Å². The summed E-state index contributed by atoms with van der Waals surface area (Å²) in [5, 5.41) is 3.00. The quantitative estimate of drug-likeness (QED) is 0.406. The maximum absolute atomic E-state index is 13.6. The highest BCUT2D eigenvalue weighted by molar-refractivity contribution is 5.98. The van der Waals surface area contributed by atoms with Crippen molar-refractivity contribution in [2.45, 2.75) is 71.6 Å². The number of aromatic amines is 1. The van der Waals surface area contributed by atoms with Crippen LogP contribution >= 0.6 is 0 Å². The molecule has 1 amide bonds. The SMILES string of the molecule is Cc1cc(C)c(CNC(=O)c2cc(-c3ccc(CN(C)C)nc3)cc(N(C)C3CCC(N)CC3)c2C)c(=O)[nH]1. The Bertz CT molecular complexity index is 1370. The van der Waals surface area contributed by atoms with Crippen LogP contribution in [0.5, 0.6) is 0 Å². The molecule has 1 saturated carbocycles. The van der Waals surface area contributed by atoms with Crippen molar-refractivity contribution in [3.05, 3.63) is 80.5 Å². The van der Waals surface area contributed by atoms with Crippen LogP contribution in [-0.2, 0) is 13.1 Å². The first-order valence-electron chi connectivity index (χ1n) is 13.7. The molecule has 1 aliphatic carbocycles. The lowest BCUT2D eigenvalue weighted by Gasteiger charge is -2.36. The fraction of sp³-hybridized carbons (Fsp3) is 0.452. The molecule has 8 nitrogen and oxygen atoms in total. The number of aromatic nitrogens is 2. The van der Waals surface area contributed by atoms with E-state index in [-0.39, 0.29) is 24.1 Å². The van der Waals surface area contributed by atoms with Crippen LogP contribution in [0.2, 0.25) is 0 Å². The van der Waals surface area contributed by atoms with E-state index in [2.05, 4.69) is 44.3 Å². The van der Waals surface area contributed by atoms with Crippen molar-refractivity contribution in [1.29, 1.82) is 0 Å². The van der Waals surface area contributed by atoms with Crippen LogP contribution in [0.3, 0.4) is 0 Å². The zero-order chi connectivity index (χ0) is 28.3. The third-order valence-corrected chi connectivity index (χ3v) is 7.85. The van der Waals surface area contributed by atoms with Gasteiger partial charge < -0.3 is 25.8 Å². The highest BCUT2D eigenvalue weighted by Gasteiger charge is 2.25. The first-order valence-corrected chi connectivity index (χ1v) is 13.7. The minimum atomic E-state index is -0.203. The van der Waals surface area contributed by atoms with Gasteiger partial charge in [0.2, 0.25) is 0 Å². The fourth-order valence-corrected chi connectivity index (χ4v) is 5.53. The van der Waals surface area contributed by atoms with Gasteiger partial charge in [-0.05, 0) is 102 Å². The molecule has 39 heavy (non-hydrogen) atoms. The number of amides is 1. The number of rotatable bonds is 8. The Kier molecular flexibility index (Phi) is 8.87. The van der Waals surface area contributed by atoms with Crippen LogP contribution in [0, 0.1) is 20.8 Å². The zero-order valence-corrected chi connectivity index (χ0v) is 24.1. The smallest absolute Gasteiger partial charge is 0.253 e. The highest BCUT2D eigenvalue weighted by Crippen LogP contribution is 2.34. The van der Waals surface area contributed by atoms with Crippen LogP contribution in [-0.4, -0.2) is 54.0 Å². The normalized spacial score (nSPS) is 17.3. The van der Waals surface area contributed by atoms with Crippen molar-refractivity contribution in [3.63, 3.8) is 0 Å². The molecular formula is C31H42N6O2. The van der Waals surface area contributed by atoms with Gasteiger partial charge >= 0.3 is 0 Å². The molecule has 3 aromatic rings. The largest absolute Gasteiger partial charge is 0.371 e. The van der Waals surface area contributed by atoms with Gasteiger partial charge in [0.15, 0.2) is 0 Å². The third kappa shape index (κ3) is 6.75. The van der Waals surface area contributed by atoms with Crippen molar-refractivity contribution < 1.29 is 4.79 Å². The topological polar surface area (TPSA) is 107 Å². The first kappa shape index (κ1) is 28.5. The van der Waals surface area contributed by atoms with E-state index in [1.165, 1.54) is 0 Å². The summed E-state index contributed by atoms with van der Waals surface area (Å²) in [6.45, 7) is 6.67. The Morgan fingerprint density at radius 3 is 2.38 bits per heavy atom. The lowest BCUT2D eigenvalue weighted by molar-refractivity contribution is 0.0950. The standard InChI is InChI=1S/C31H42N6O2/c1-19-13-20(2)35-31(39)28(19)17-34-30(38)27-14-23(22-7-10-25(33-16-22)18-36(4)5)15-29(21(27)3)37(6)26-11-8-24(32)9-12-26/h7,10,13-16,24,26H,8-9,11-12,17-18,32H2,1-6H3,(H,34,38)(H,35,39). The van der Waals surface area contributed by atoms with E-state index in [0.29, 0.717) is 17.2 Å². The molecule has 4 N–H and O–H groups in total. The van der Waals surface area contributed by atoms with E-state index in [1.807, 2.05) is 59.3 Å². The van der Waals surface area contributed by atoms with Crippen molar-refractivity contribution in [3.8, 4) is 11.1 Å². The molecule has 1 aromatic carbocycles. The summed E-state index contributed by atoms with van der Waals surface area (Å²) in [4.78, 5) is 38.0. The maximum Gasteiger partial charge on any atom is 0.253 e. The number of nitrogens with one attached hydrogen (secondary N) is 2. The number of H-pyrrole nitrogens is 1. The van der Waals surface area contributed by atoms with Crippen LogP contribution in [0.1, 0.15) is 64.1 Å². The minimum absolute atomic E-state index is 0.163. The Labute approximate surface area is 231 Å². The van der Waals surface area contributed by atoms with Gasteiger partial charge in [-0.15, -0.1) is 0 Å². The second kappa shape index (κ2) is 12.1. The van der Waals surface area contributed by atoms with Crippen molar-refractivity contribution in [2.24, 2.45) is 5.73 Å². The molecule has 0 unspecified atom stereocenters. The van der Waals surface area contributed by atoms with Crippen LogP contribution in [0.25, 0.3) is 11.1 Å². The molecule has 0 atom stereocenters. The van der Waals surface area contributed by atoms with E-state index in [4.69, 9.17) is 5.73 Å². The third-order valence-electron chi connectivity index (χ3n) is 7.85. The predicted octanol–water partition coefficient (Wildman–Crippen LogP) is 4.06. The van der Waals surface area contributed by atoms with Crippen molar-refractivity contribution in [1.82, 2.24) is 20.2 Å². The van der Waals surface area contributed by atoms with Gasteiger partial charge in [-0.1, -0.05) is 6.07 Å². The number of hydrogen-bond donors (Lipinski definition) is 3. The molecular weight excluding hydrogens is 488 g/mol. The van der Waals surface area contributed by atoms with Gasteiger partial charge in [-0.3, -0.25) is 14.6 Å². The summed E-state index contributed by atoms with van der Waals surface area (Å²) >= 11 is 0. The molecule has 2 heterocycles. The van der Waals surface area contributed by atoms with Crippen LogP contribution < -0.4 is 21.5 Å². The Hall–Kier alpha value is -3.49. The average molecular weight is 531 g/mol.